The van der Waals surface area contributed by atoms with E-state index in [1.54, 1.807) is 0 Å². The van der Waals surface area contributed by atoms with Gasteiger partial charge in [-0.15, -0.1) is 0 Å². The lowest BCUT2D eigenvalue weighted by Crippen LogP contribution is -2.29. The SMILES string of the molecule is Cc1ccc(Cl)c(NC2CCC(C)(C)CC2)c1. The minimum atomic E-state index is 0.522. The Morgan fingerprint density at radius 1 is 1.24 bits per heavy atom. The van der Waals surface area contributed by atoms with E-state index in [9.17, 15) is 0 Å². The van der Waals surface area contributed by atoms with Crippen molar-refractivity contribution in [3.63, 3.8) is 0 Å². The van der Waals surface area contributed by atoms with E-state index in [1.807, 2.05) is 6.07 Å². The van der Waals surface area contributed by atoms with Gasteiger partial charge in [0.05, 0.1) is 10.7 Å². The number of aryl methyl sites for hydroxylation is 1. The molecule has 1 aliphatic carbocycles. The fourth-order valence-electron chi connectivity index (χ4n) is 2.51. The topological polar surface area (TPSA) is 12.0 Å². The lowest BCUT2D eigenvalue weighted by atomic mass is 9.75. The number of rotatable bonds is 2. The molecule has 1 nitrogen and oxygen atoms in total. The van der Waals surface area contributed by atoms with E-state index in [2.05, 4.69) is 38.2 Å². The molecule has 1 aliphatic rings. The fraction of sp³-hybridized carbons (Fsp3) is 0.600. The first kappa shape index (κ1) is 12.8. The highest BCUT2D eigenvalue weighted by Gasteiger charge is 2.26. The number of hydrogen-bond acceptors (Lipinski definition) is 1. The van der Waals surface area contributed by atoms with Crippen molar-refractivity contribution in [1.29, 1.82) is 0 Å². The maximum atomic E-state index is 6.21. The third kappa shape index (κ3) is 3.38. The van der Waals surface area contributed by atoms with Gasteiger partial charge in [0.15, 0.2) is 0 Å². The quantitative estimate of drug-likeness (QED) is 0.778. The van der Waals surface area contributed by atoms with Crippen LogP contribution in [0.5, 0.6) is 0 Å². The summed E-state index contributed by atoms with van der Waals surface area (Å²) in [6.07, 6.45) is 5.09. The van der Waals surface area contributed by atoms with Gasteiger partial charge in [-0.1, -0.05) is 31.5 Å². The normalized spacial score (nSPS) is 20.2. The zero-order valence-corrected chi connectivity index (χ0v) is 11.8. The Labute approximate surface area is 110 Å². The Morgan fingerprint density at radius 2 is 1.88 bits per heavy atom. The second-order valence-corrected chi connectivity index (χ2v) is 6.47. The highest BCUT2D eigenvalue weighted by molar-refractivity contribution is 6.33. The number of benzene rings is 1. The largest absolute Gasteiger partial charge is 0.381 e. The van der Waals surface area contributed by atoms with E-state index >= 15 is 0 Å². The summed E-state index contributed by atoms with van der Waals surface area (Å²) in [5.41, 5.74) is 2.87. The number of nitrogens with one attached hydrogen (secondary N) is 1. The summed E-state index contributed by atoms with van der Waals surface area (Å²) in [7, 11) is 0. The molecule has 0 saturated heterocycles. The number of hydrogen-bond donors (Lipinski definition) is 1. The molecule has 0 radical (unpaired) electrons. The van der Waals surface area contributed by atoms with E-state index in [1.165, 1.54) is 31.2 Å². The molecule has 1 aromatic carbocycles. The van der Waals surface area contributed by atoms with Crippen LogP contribution in [0.2, 0.25) is 5.02 Å². The third-order valence-electron chi connectivity index (χ3n) is 3.82. The molecule has 0 unspecified atom stereocenters. The average Bonchev–Trinajstić information content (AvgIpc) is 2.26. The summed E-state index contributed by atoms with van der Waals surface area (Å²) < 4.78 is 0. The Bertz CT molecular complexity index is 388. The molecule has 0 aliphatic heterocycles. The molecule has 1 saturated carbocycles. The third-order valence-corrected chi connectivity index (χ3v) is 4.15. The second kappa shape index (κ2) is 4.89. The van der Waals surface area contributed by atoms with Crippen molar-refractivity contribution in [2.24, 2.45) is 5.41 Å². The molecule has 0 bridgehead atoms. The van der Waals surface area contributed by atoms with Gasteiger partial charge in [0.2, 0.25) is 0 Å². The standard InChI is InChI=1S/C15H22ClN/c1-11-4-5-13(16)14(10-11)17-12-6-8-15(2,3)9-7-12/h4-5,10,12,17H,6-9H2,1-3H3. The highest BCUT2D eigenvalue weighted by Crippen LogP contribution is 2.36. The van der Waals surface area contributed by atoms with Crippen LogP contribution in [0.1, 0.15) is 45.1 Å². The van der Waals surface area contributed by atoms with Crippen LogP contribution < -0.4 is 5.32 Å². The Kier molecular flexibility index (Phi) is 3.67. The van der Waals surface area contributed by atoms with Gasteiger partial charge in [0.1, 0.15) is 0 Å². The first-order valence-electron chi connectivity index (χ1n) is 6.49. The van der Waals surface area contributed by atoms with Gasteiger partial charge >= 0.3 is 0 Å². The van der Waals surface area contributed by atoms with Gasteiger partial charge in [0.25, 0.3) is 0 Å². The zero-order valence-electron chi connectivity index (χ0n) is 11.0. The van der Waals surface area contributed by atoms with Gasteiger partial charge in [-0.25, -0.2) is 0 Å². The molecule has 0 aromatic heterocycles. The summed E-state index contributed by atoms with van der Waals surface area (Å²) in [6.45, 7) is 6.83. The molecule has 0 amide bonds. The summed E-state index contributed by atoms with van der Waals surface area (Å²) >= 11 is 6.21. The van der Waals surface area contributed by atoms with Crippen LogP contribution in [0, 0.1) is 12.3 Å². The first-order chi connectivity index (χ1) is 7.96. The van der Waals surface area contributed by atoms with Gasteiger partial charge in [0, 0.05) is 6.04 Å². The first-order valence-corrected chi connectivity index (χ1v) is 6.87. The van der Waals surface area contributed by atoms with E-state index in [0.717, 1.165) is 10.7 Å². The molecular weight excluding hydrogens is 230 g/mol. The van der Waals surface area contributed by atoms with Crippen molar-refractivity contribution in [2.45, 2.75) is 52.5 Å². The average molecular weight is 252 g/mol. The van der Waals surface area contributed by atoms with Crippen molar-refractivity contribution >= 4 is 17.3 Å². The van der Waals surface area contributed by atoms with Crippen LogP contribution in [0.4, 0.5) is 5.69 Å². The molecule has 94 valence electrons. The number of anilines is 1. The zero-order chi connectivity index (χ0) is 12.5. The molecule has 0 spiro atoms. The Balaban J connectivity index is 2.00. The van der Waals surface area contributed by atoms with E-state index < -0.39 is 0 Å². The lowest BCUT2D eigenvalue weighted by Gasteiger charge is -2.35. The minimum Gasteiger partial charge on any atom is -0.381 e. The van der Waals surface area contributed by atoms with E-state index in [0.29, 0.717) is 11.5 Å². The van der Waals surface area contributed by atoms with Crippen molar-refractivity contribution in [2.75, 3.05) is 5.32 Å². The van der Waals surface area contributed by atoms with Gasteiger partial charge in [-0.05, 0) is 55.7 Å². The van der Waals surface area contributed by atoms with E-state index in [-0.39, 0.29) is 0 Å². The predicted octanol–water partition coefficient (Wildman–Crippen LogP) is 5.03. The van der Waals surface area contributed by atoms with Crippen LogP contribution in [0.3, 0.4) is 0 Å². The highest BCUT2D eigenvalue weighted by atomic mass is 35.5. The molecule has 1 N–H and O–H groups in total. The Hall–Kier alpha value is -0.690. The van der Waals surface area contributed by atoms with Crippen LogP contribution in [0.25, 0.3) is 0 Å². The van der Waals surface area contributed by atoms with Crippen LogP contribution in [-0.2, 0) is 0 Å². The molecule has 2 heteroatoms. The Morgan fingerprint density at radius 3 is 2.53 bits per heavy atom. The smallest absolute Gasteiger partial charge is 0.0637 e. The lowest BCUT2D eigenvalue weighted by molar-refractivity contribution is 0.232. The molecule has 0 atom stereocenters. The second-order valence-electron chi connectivity index (χ2n) is 6.07. The summed E-state index contributed by atoms with van der Waals surface area (Å²) in [4.78, 5) is 0. The maximum absolute atomic E-state index is 6.21. The van der Waals surface area contributed by atoms with Gasteiger partial charge in [-0.3, -0.25) is 0 Å². The number of halogens is 1. The van der Waals surface area contributed by atoms with Crippen molar-refractivity contribution in [3.8, 4) is 0 Å². The molecule has 1 fully saturated rings. The fourth-order valence-corrected chi connectivity index (χ4v) is 2.69. The molecule has 17 heavy (non-hydrogen) atoms. The van der Waals surface area contributed by atoms with E-state index in [4.69, 9.17) is 11.6 Å². The molecule has 2 rings (SSSR count). The summed E-state index contributed by atoms with van der Waals surface area (Å²) in [5, 5.41) is 4.43. The van der Waals surface area contributed by atoms with Gasteiger partial charge in [-0.2, -0.15) is 0 Å². The van der Waals surface area contributed by atoms with Crippen LogP contribution in [0.15, 0.2) is 18.2 Å². The van der Waals surface area contributed by atoms with Crippen molar-refractivity contribution < 1.29 is 0 Å². The predicted molar refractivity (Wildman–Crippen MR) is 75.8 cm³/mol. The van der Waals surface area contributed by atoms with Crippen LogP contribution in [-0.4, -0.2) is 6.04 Å². The van der Waals surface area contributed by atoms with Crippen molar-refractivity contribution in [3.05, 3.63) is 28.8 Å². The van der Waals surface area contributed by atoms with Gasteiger partial charge < -0.3 is 5.32 Å². The maximum Gasteiger partial charge on any atom is 0.0637 e. The van der Waals surface area contributed by atoms with Crippen LogP contribution >= 0.6 is 11.6 Å². The summed E-state index contributed by atoms with van der Waals surface area (Å²) in [6, 6.07) is 6.76. The van der Waals surface area contributed by atoms with Crippen molar-refractivity contribution in [1.82, 2.24) is 0 Å². The molecule has 0 heterocycles. The molecular formula is C15H22ClN. The monoisotopic (exact) mass is 251 g/mol. The molecule has 1 aromatic rings. The minimum absolute atomic E-state index is 0.522. The summed E-state index contributed by atoms with van der Waals surface area (Å²) in [5.74, 6) is 0.